The van der Waals surface area contributed by atoms with Gasteiger partial charge in [-0.2, -0.15) is 13.2 Å². The zero-order valence-electron chi connectivity index (χ0n) is 9.84. The summed E-state index contributed by atoms with van der Waals surface area (Å²) in [6.07, 6.45) is -4.60. The first-order valence-electron chi connectivity index (χ1n) is 5.68. The van der Waals surface area contributed by atoms with Gasteiger partial charge in [-0.25, -0.2) is 4.98 Å². The van der Waals surface area contributed by atoms with E-state index in [2.05, 4.69) is 20.9 Å². The van der Waals surface area contributed by atoms with Gasteiger partial charge in [-0.3, -0.25) is 0 Å². The summed E-state index contributed by atoms with van der Waals surface area (Å²) in [4.78, 5) is 4.33. The zero-order valence-corrected chi connectivity index (χ0v) is 12.2. The largest absolute Gasteiger partial charge is 0.390 e. The fourth-order valence-corrected chi connectivity index (χ4v) is 2.43. The molecule has 0 spiro atoms. The van der Waals surface area contributed by atoms with Crippen LogP contribution in [0.4, 0.5) is 13.2 Å². The zero-order chi connectivity index (χ0) is 14.0. The Kier molecular flexibility index (Phi) is 4.40. The van der Waals surface area contributed by atoms with Crippen molar-refractivity contribution in [1.82, 2.24) is 9.55 Å². The van der Waals surface area contributed by atoms with Crippen LogP contribution in [0.15, 0.2) is 22.7 Å². The van der Waals surface area contributed by atoms with Gasteiger partial charge in [0.15, 0.2) is 0 Å². The Morgan fingerprint density at radius 3 is 2.68 bits per heavy atom. The van der Waals surface area contributed by atoms with Crippen molar-refractivity contribution >= 4 is 38.6 Å². The first kappa shape index (κ1) is 14.7. The SMILES string of the molecule is FC(F)(F)CCn1c(CCCl)nc2ccc(Br)cc21. The fourth-order valence-electron chi connectivity index (χ4n) is 1.91. The number of imidazole rings is 1. The summed E-state index contributed by atoms with van der Waals surface area (Å²) >= 11 is 8.99. The Hall–Kier alpha value is -0.750. The Bertz CT molecular complexity index is 580. The second-order valence-electron chi connectivity index (χ2n) is 4.12. The Balaban J connectivity index is 2.41. The molecule has 0 bridgehead atoms. The number of alkyl halides is 4. The number of fused-ring (bicyclic) bond motifs is 1. The minimum Gasteiger partial charge on any atom is -0.328 e. The molecule has 0 unspecified atom stereocenters. The van der Waals surface area contributed by atoms with Crippen LogP contribution in [0, 0.1) is 0 Å². The lowest BCUT2D eigenvalue weighted by Gasteiger charge is -2.10. The lowest BCUT2D eigenvalue weighted by Crippen LogP contribution is -2.14. The molecule has 0 fully saturated rings. The predicted molar refractivity (Wildman–Crippen MR) is 72.5 cm³/mol. The Morgan fingerprint density at radius 2 is 2.05 bits per heavy atom. The van der Waals surface area contributed by atoms with E-state index in [0.29, 0.717) is 29.2 Å². The molecule has 7 heteroatoms. The molecule has 0 saturated heterocycles. The van der Waals surface area contributed by atoms with Gasteiger partial charge in [0.25, 0.3) is 0 Å². The van der Waals surface area contributed by atoms with E-state index in [4.69, 9.17) is 11.6 Å². The van der Waals surface area contributed by atoms with Gasteiger partial charge in [0.05, 0.1) is 17.5 Å². The third-order valence-corrected chi connectivity index (χ3v) is 3.41. The van der Waals surface area contributed by atoms with Crippen LogP contribution in [0.2, 0.25) is 0 Å². The smallest absolute Gasteiger partial charge is 0.328 e. The van der Waals surface area contributed by atoms with Crippen LogP contribution in [0.1, 0.15) is 12.2 Å². The van der Waals surface area contributed by atoms with Crippen molar-refractivity contribution in [2.45, 2.75) is 25.6 Å². The van der Waals surface area contributed by atoms with Crippen molar-refractivity contribution in [2.75, 3.05) is 5.88 Å². The van der Waals surface area contributed by atoms with Crippen LogP contribution in [-0.2, 0) is 13.0 Å². The minimum atomic E-state index is -4.18. The molecule has 104 valence electrons. The molecular weight excluding hydrogens is 344 g/mol. The highest BCUT2D eigenvalue weighted by molar-refractivity contribution is 9.10. The van der Waals surface area contributed by atoms with E-state index in [-0.39, 0.29) is 6.54 Å². The molecule has 0 atom stereocenters. The number of benzene rings is 1. The van der Waals surface area contributed by atoms with E-state index >= 15 is 0 Å². The second kappa shape index (κ2) is 5.71. The number of nitrogens with zero attached hydrogens (tertiary/aromatic N) is 2. The number of aromatic nitrogens is 2. The molecule has 0 N–H and O–H groups in total. The van der Waals surface area contributed by atoms with Crippen LogP contribution in [0.3, 0.4) is 0 Å². The molecule has 2 nitrogen and oxygen atoms in total. The lowest BCUT2D eigenvalue weighted by atomic mass is 10.3. The summed E-state index contributed by atoms with van der Waals surface area (Å²) in [7, 11) is 0. The standard InChI is InChI=1S/C12H11BrClF3N2/c13-8-1-2-9-10(7-8)19(6-4-12(15,16)17)11(18-9)3-5-14/h1-2,7H,3-6H2. The van der Waals surface area contributed by atoms with Crippen molar-refractivity contribution in [3.05, 3.63) is 28.5 Å². The van der Waals surface area contributed by atoms with Gasteiger partial charge in [-0.15, -0.1) is 11.6 Å². The first-order chi connectivity index (χ1) is 8.90. The van der Waals surface area contributed by atoms with Crippen LogP contribution in [-0.4, -0.2) is 21.6 Å². The lowest BCUT2D eigenvalue weighted by molar-refractivity contribution is -0.136. The van der Waals surface area contributed by atoms with Gasteiger partial charge in [-0.1, -0.05) is 15.9 Å². The van der Waals surface area contributed by atoms with Crippen LogP contribution in [0.25, 0.3) is 11.0 Å². The fraction of sp³-hybridized carbons (Fsp3) is 0.417. The average molecular weight is 356 g/mol. The second-order valence-corrected chi connectivity index (χ2v) is 5.41. The van der Waals surface area contributed by atoms with E-state index in [0.717, 1.165) is 4.47 Å². The third-order valence-electron chi connectivity index (χ3n) is 2.73. The number of aryl methyl sites for hydroxylation is 2. The summed E-state index contributed by atoms with van der Waals surface area (Å²) in [6, 6.07) is 5.37. The van der Waals surface area contributed by atoms with Gasteiger partial charge in [-0.05, 0) is 18.2 Å². The Morgan fingerprint density at radius 1 is 1.32 bits per heavy atom. The normalized spacial score (nSPS) is 12.3. The molecule has 1 aromatic carbocycles. The molecule has 0 radical (unpaired) electrons. The van der Waals surface area contributed by atoms with Crippen molar-refractivity contribution in [1.29, 1.82) is 0 Å². The van der Waals surface area contributed by atoms with Crippen molar-refractivity contribution in [3.63, 3.8) is 0 Å². The third kappa shape index (κ3) is 3.63. The molecule has 19 heavy (non-hydrogen) atoms. The number of rotatable bonds is 4. The minimum absolute atomic E-state index is 0.136. The number of hydrogen-bond donors (Lipinski definition) is 0. The quantitative estimate of drug-likeness (QED) is 0.737. The van der Waals surface area contributed by atoms with E-state index in [1.165, 1.54) is 0 Å². The van der Waals surface area contributed by atoms with E-state index < -0.39 is 12.6 Å². The number of halogens is 5. The van der Waals surface area contributed by atoms with Gasteiger partial charge < -0.3 is 4.57 Å². The molecule has 1 aromatic heterocycles. The molecule has 2 rings (SSSR count). The average Bonchev–Trinajstić information content (AvgIpc) is 2.63. The molecule has 2 aromatic rings. The molecule has 0 aliphatic carbocycles. The maximum absolute atomic E-state index is 12.4. The number of hydrogen-bond acceptors (Lipinski definition) is 1. The molecule has 0 amide bonds. The summed E-state index contributed by atoms with van der Waals surface area (Å²) in [5.41, 5.74) is 1.38. The molecule has 0 aliphatic heterocycles. The van der Waals surface area contributed by atoms with Gasteiger partial charge >= 0.3 is 6.18 Å². The van der Waals surface area contributed by atoms with Crippen molar-refractivity contribution in [2.24, 2.45) is 0 Å². The van der Waals surface area contributed by atoms with E-state index in [1.54, 1.807) is 16.7 Å². The van der Waals surface area contributed by atoms with Crippen molar-refractivity contribution < 1.29 is 13.2 Å². The Labute approximate surface area is 121 Å². The highest BCUT2D eigenvalue weighted by atomic mass is 79.9. The van der Waals surface area contributed by atoms with Crippen LogP contribution < -0.4 is 0 Å². The highest BCUT2D eigenvalue weighted by Gasteiger charge is 2.27. The van der Waals surface area contributed by atoms with Gasteiger partial charge in [0.1, 0.15) is 5.82 Å². The summed E-state index contributed by atoms with van der Waals surface area (Å²) in [5.74, 6) is 0.920. The first-order valence-corrected chi connectivity index (χ1v) is 7.01. The summed E-state index contributed by atoms with van der Waals surface area (Å²) < 4.78 is 39.5. The highest BCUT2D eigenvalue weighted by Crippen LogP contribution is 2.25. The van der Waals surface area contributed by atoms with Gasteiger partial charge in [0, 0.05) is 23.3 Å². The predicted octanol–water partition coefficient (Wildman–Crippen LogP) is 4.53. The monoisotopic (exact) mass is 354 g/mol. The maximum atomic E-state index is 12.4. The maximum Gasteiger partial charge on any atom is 0.390 e. The van der Waals surface area contributed by atoms with Crippen LogP contribution >= 0.6 is 27.5 Å². The van der Waals surface area contributed by atoms with Crippen LogP contribution in [0.5, 0.6) is 0 Å². The molecule has 1 heterocycles. The van der Waals surface area contributed by atoms with Crippen molar-refractivity contribution in [3.8, 4) is 0 Å². The van der Waals surface area contributed by atoms with Gasteiger partial charge in [0.2, 0.25) is 0 Å². The summed E-state index contributed by atoms with van der Waals surface area (Å²) in [6.45, 7) is -0.136. The molecule has 0 saturated carbocycles. The topological polar surface area (TPSA) is 17.8 Å². The molecule has 0 aliphatic rings. The molecular formula is C12H11BrClF3N2. The van der Waals surface area contributed by atoms with E-state index in [9.17, 15) is 13.2 Å². The van der Waals surface area contributed by atoms with E-state index in [1.807, 2.05) is 6.07 Å². The summed E-state index contributed by atoms with van der Waals surface area (Å²) in [5, 5.41) is 0.